The van der Waals surface area contributed by atoms with Crippen LogP contribution in [0.4, 0.5) is 15.8 Å². The molecule has 4 aromatic rings. The Labute approximate surface area is 258 Å². The molecule has 2 heterocycles. The number of nitrogens with two attached hydrogens (primary N) is 1. The molecule has 0 bridgehead atoms. The van der Waals surface area contributed by atoms with Crippen LogP contribution < -0.4 is 20.9 Å². The van der Waals surface area contributed by atoms with Gasteiger partial charge in [-0.3, -0.25) is 29.1 Å². The second-order valence-corrected chi connectivity index (χ2v) is 11.4. The number of ether oxygens (including phenoxy) is 3. The number of carbonyl (C=O) groups excluding carboxylic acids is 3. The van der Waals surface area contributed by atoms with E-state index >= 15 is 0 Å². The molecule has 1 atom stereocenters. The van der Waals surface area contributed by atoms with Crippen molar-refractivity contribution in [1.29, 1.82) is 0 Å². The summed E-state index contributed by atoms with van der Waals surface area (Å²) in [6.45, 7) is 4.13. The zero-order valence-electron chi connectivity index (χ0n) is 24.6. The first-order chi connectivity index (χ1) is 21.5. The van der Waals surface area contributed by atoms with Crippen molar-refractivity contribution in [3.63, 3.8) is 0 Å². The first-order valence-corrected chi connectivity index (χ1v) is 14.4. The van der Waals surface area contributed by atoms with Crippen LogP contribution in [0.25, 0.3) is 10.9 Å². The predicted molar refractivity (Wildman–Crippen MR) is 161 cm³/mol. The van der Waals surface area contributed by atoms with E-state index in [4.69, 9.17) is 24.8 Å². The number of rotatable bonds is 10. The minimum absolute atomic E-state index is 0.139. The first kappa shape index (κ1) is 30.1. The average Bonchev–Trinajstić information content (AvgIpc) is 3.77. The summed E-state index contributed by atoms with van der Waals surface area (Å²) >= 11 is 0. The molecule has 232 valence electrons. The van der Waals surface area contributed by atoms with Crippen molar-refractivity contribution in [2.45, 2.75) is 38.6 Å². The van der Waals surface area contributed by atoms with Gasteiger partial charge in [-0.2, -0.15) is 0 Å². The second-order valence-electron chi connectivity index (χ2n) is 11.4. The van der Waals surface area contributed by atoms with Crippen molar-refractivity contribution in [1.82, 2.24) is 10.5 Å². The smallest absolute Gasteiger partial charge is 0.274 e. The van der Waals surface area contributed by atoms with Gasteiger partial charge in [-0.1, -0.05) is 0 Å². The summed E-state index contributed by atoms with van der Waals surface area (Å²) in [5, 5.41) is 0.665. The number of benzene rings is 3. The summed E-state index contributed by atoms with van der Waals surface area (Å²) < 4.78 is 31.0. The molecule has 1 unspecified atom stereocenters. The highest BCUT2D eigenvalue weighted by molar-refractivity contribution is 6.16. The SMILES string of the molecule is CC1(C)OCC(CONC(=O)c2ccc3c(Oc4ccc(N(C(=O)C5(C(N)=O)CC5)c5ccc(F)cc5)cc4)ccnc3c2)O1. The molecule has 11 nitrogen and oxygen atoms in total. The summed E-state index contributed by atoms with van der Waals surface area (Å²) in [6, 6.07) is 18.8. The van der Waals surface area contributed by atoms with Gasteiger partial charge in [0.25, 0.3) is 5.91 Å². The van der Waals surface area contributed by atoms with E-state index in [0.717, 1.165) is 0 Å². The Hall–Kier alpha value is -4.91. The van der Waals surface area contributed by atoms with E-state index < -0.39 is 34.7 Å². The zero-order chi connectivity index (χ0) is 31.8. The molecule has 1 aliphatic carbocycles. The minimum Gasteiger partial charge on any atom is -0.457 e. The molecule has 0 spiro atoms. The molecule has 45 heavy (non-hydrogen) atoms. The predicted octanol–water partition coefficient (Wildman–Crippen LogP) is 4.91. The number of hydrogen-bond donors (Lipinski definition) is 2. The Bertz CT molecular complexity index is 1760. The third-order valence-corrected chi connectivity index (χ3v) is 7.71. The van der Waals surface area contributed by atoms with Crippen molar-refractivity contribution >= 4 is 40.0 Å². The van der Waals surface area contributed by atoms with Crippen LogP contribution in [0.3, 0.4) is 0 Å². The summed E-state index contributed by atoms with van der Waals surface area (Å²) in [7, 11) is 0. The van der Waals surface area contributed by atoms with Gasteiger partial charge in [0.15, 0.2) is 5.79 Å². The number of hydroxylamine groups is 1. The maximum absolute atomic E-state index is 13.7. The van der Waals surface area contributed by atoms with Gasteiger partial charge in [0, 0.05) is 28.5 Å². The standard InChI is InChI=1S/C33H31FN4O7/c1-32(2)42-18-25(45-32)19-43-37-29(39)20-3-12-26-27(17-20)36-16-13-28(26)44-24-10-8-23(9-11-24)38(22-6-4-21(34)5-7-22)31(41)33(14-15-33)30(35)40/h3-13,16-17,25H,14-15,18-19H2,1-2H3,(H2,35,40)(H,37,39). The number of carbonyl (C=O) groups is 3. The molecule has 1 saturated heterocycles. The van der Waals surface area contributed by atoms with Gasteiger partial charge in [-0.15, -0.1) is 0 Å². The Balaban J connectivity index is 1.16. The maximum Gasteiger partial charge on any atom is 0.274 e. The van der Waals surface area contributed by atoms with Crippen molar-refractivity contribution in [2.24, 2.45) is 11.1 Å². The minimum atomic E-state index is -1.28. The number of hydrogen-bond acceptors (Lipinski definition) is 8. The van der Waals surface area contributed by atoms with Crippen LogP contribution in [0.2, 0.25) is 0 Å². The normalized spacial score (nSPS) is 17.9. The molecule has 2 fully saturated rings. The fourth-order valence-corrected chi connectivity index (χ4v) is 5.12. The molecule has 1 aromatic heterocycles. The second kappa shape index (κ2) is 11.9. The topological polar surface area (TPSA) is 142 Å². The van der Waals surface area contributed by atoms with Crippen LogP contribution in [0.1, 0.15) is 37.0 Å². The number of fused-ring (bicyclic) bond motifs is 1. The van der Waals surface area contributed by atoms with Crippen molar-refractivity contribution in [3.8, 4) is 11.5 Å². The monoisotopic (exact) mass is 614 g/mol. The number of anilines is 2. The molecule has 6 rings (SSSR count). The third kappa shape index (κ3) is 6.34. The van der Waals surface area contributed by atoms with E-state index in [2.05, 4.69) is 10.5 Å². The summed E-state index contributed by atoms with van der Waals surface area (Å²) in [5.74, 6) is -1.77. The van der Waals surface area contributed by atoms with Gasteiger partial charge in [0.05, 0.1) is 12.1 Å². The number of halogens is 1. The number of nitrogens with zero attached hydrogens (tertiary/aromatic N) is 2. The fourth-order valence-electron chi connectivity index (χ4n) is 5.12. The lowest BCUT2D eigenvalue weighted by Crippen LogP contribution is -2.41. The molecule has 3 aromatic carbocycles. The number of aromatic nitrogens is 1. The largest absolute Gasteiger partial charge is 0.457 e. The van der Waals surface area contributed by atoms with Gasteiger partial charge in [-0.05, 0) is 99.5 Å². The average molecular weight is 615 g/mol. The van der Waals surface area contributed by atoms with E-state index in [1.165, 1.54) is 29.2 Å². The van der Waals surface area contributed by atoms with Crippen LogP contribution >= 0.6 is 0 Å². The molecule has 1 saturated carbocycles. The van der Waals surface area contributed by atoms with E-state index in [-0.39, 0.29) is 12.7 Å². The lowest BCUT2D eigenvalue weighted by molar-refractivity contribution is -0.147. The summed E-state index contributed by atoms with van der Waals surface area (Å²) in [5.41, 5.74) is 8.45. The Morgan fingerprint density at radius 2 is 1.71 bits per heavy atom. The highest BCUT2D eigenvalue weighted by Gasteiger charge is 2.57. The van der Waals surface area contributed by atoms with Crippen LogP contribution in [0, 0.1) is 11.2 Å². The van der Waals surface area contributed by atoms with Gasteiger partial charge >= 0.3 is 0 Å². The van der Waals surface area contributed by atoms with Gasteiger partial charge in [0.1, 0.15) is 35.4 Å². The van der Waals surface area contributed by atoms with E-state index in [0.29, 0.717) is 58.8 Å². The Kier molecular flexibility index (Phi) is 7.96. The van der Waals surface area contributed by atoms with Crippen molar-refractivity contribution in [3.05, 3.63) is 90.4 Å². The zero-order valence-corrected chi connectivity index (χ0v) is 24.6. The van der Waals surface area contributed by atoms with Crippen molar-refractivity contribution in [2.75, 3.05) is 18.1 Å². The quantitative estimate of drug-likeness (QED) is 0.190. The third-order valence-electron chi connectivity index (χ3n) is 7.71. The van der Waals surface area contributed by atoms with Gasteiger partial charge in [-0.25, -0.2) is 9.87 Å². The molecular weight excluding hydrogens is 583 g/mol. The van der Waals surface area contributed by atoms with Crippen LogP contribution in [-0.4, -0.2) is 47.8 Å². The van der Waals surface area contributed by atoms with Crippen LogP contribution in [0.5, 0.6) is 11.5 Å². The molecule has 2 aliphatic rings. The molecule has 1 aliphatic heterocycles. The molecule has 3 N–H and O–H groups in total. The van der Waals surface area contributed by atoms with E-state index in [1.54, 1.807) is 54.7 Å². The molecule has 0 radical (unpaired) electrons. The maximum atomic E-state index is 13.7. The lowest BCUT2D eigenvalue weighted by atomic mass is 10.0. The Morgan fingerprint density at radius 1 is 1.02 bits per heavy atom. The summed E-state index contributed by atoms with van der Waals surface area (Å²) in [4.78, 5) is 49.4. The van der Waals surface area contributed by atoms with E-state index in [9.17, 15) is 18.8 Å². The Morgan fingerprint density at radius 3 is 2.33 bits per heavy atom. The number of pyridine rings is 1. The van der Waals surface area contributed by atoms with Crippen molar-refractivity contribution < 1.29 is 37.8 Å². The van der Waals surface area contributed by atoms with Crippen LogP contribution in [-0.2, 0) is 23.9 Å². The van der Waals surface area contributed by atoms with E-state index in [1.807, 2.05) is 13.8 Å². The number of primary amides is 1. The molecule has 3 amide bonds. The van der Waals surface area contributed by atoms with Crippen LogP contribution in [0.15, 0.2) is 79.0 Å². The van der Waals surface area contributed by atoms with Gasteiger partial charge < -0.3 is 19.9 Å². The number of amides is 3. The summed E-state index contributed by atoms with van der Waals surface area (Å²) in [6.07, 6.45) is 1.99. The highest BCUT2D eigenvalue weighted by atomic mass is 19.1. The molecule has 12 heteroatoms. The van der Waals surface area contributed by atoms with Gasteiger partial charge in [0.2, 0.25) is 11.8 Å². The number of nitrogens with one attached hydrogen (secondary N) is 1. The lowest BCUT2D eigenvalue weighted by Gasteiger charge is -2.26. The fraction of sp³-hybridized carbons (Fsp3) is 0.273. The first-order valence-electron chi connectivity index (χ1n) is 14.4. The molecular formula is C33H31FN4O7. The highest BCUT2D eigenvalue weighted by Crippen LogP contribution is 2.49.